The van der Waals surface area contributed by atoms with Crippen LogP contribution in [0.15, 0.2) is 28.7 Å². The van der Waals surface area contributed by atoms with Gasteiger partial charge in [0.05, 0.1) is 12.0 Å². The zero-order valence-electron chi connectivity index (χ0n) is 9.21. The van der Waals surface area contributed by atoms with Crippen molar-refractivity contribution in [3.63, 3.8) is 0 Å². The van der Waals surface area contributed by atoms with E-state index in [9.17, 15) is 4.79 Å². The summed E-state index contributed by atoms with van der Waals surface area (Å²) in [6.45, 7) is 1.94. The maximum absolute atomic E-state index is 11.8. The number of carbonyl (C=O) groups is 1. The van der Waals surface area contributed by atoms with Crippen molar-refractivity contribution in [1.82, 2.24) is 5.32 Å². The highest BCUT2D eigenvalue weighted by Crippen LogP contribution is 2.53. The first-order valence-electron chi connectivity index (χ1n) is 5.34. The minimum Gasteiger partial charge on any atom is -0.349 e. The van der Waals surface area contributed by atoms with Crippen molar-refractivity contribution in [3.05, 3.63) is 34.3 Å². The van der Waals surface area contributed by atoms with Crippen molar-refractivity contribution >= 4 is 45.0 Å². The predicted octanol–water partition coefficient (Wildman–Crippen LogP) is 3.82. The van der Waals surface area contributed by atoms with Crippen molar-refractivity contribution < 1.29 is 4.79 Å². The van der Waals surface area contributed by atoms with E-state index in [-0.39, 0.29) is 17.9 Å². The van der Waals surface area contributed by atoms with Crippen LogP contribution in [0.2, 0.25) is 0 Å². The van der Waals surface area contributed by atoms with Crippen molar-refractivity contribution in [2.45, 2.75) is 23.7 Å². The molecule has 1 fully saturated rings. The molecule has 1 aliphatic carbocycles. The largest absolute Gasteiger partial charge is 0.349 e. The molecule has 2 nitrogen and oxygen atoms in total. The smallest absolute Gasteiger partial charge is 0.226 e. The Bertz CT molecular complexity index is 450. The number of hydrogen-bond donors (Lipinski definition) is 1. The van der Waals surface area contributed by atoms with Gasteiger partial charge < -0.3 is 5.32 Å². The summed E-state index contributed by atoms with van der Waals surface area (Å²) in [7, 11) is 0. The molecule has 0 saturated heterocycles. The lowest BCUT2D eigenvalue weighted by Gasteiger charge is -2.15. The number of nitrogens with one attached hydrogen (secondary N) is 1. The van der Waals surface area contributed by atoms with Gasteiger partial charge in [0, 0.05) is 4.47 Å². The molecule has 0 aromatic heterocycles. The Hall–Kier alpha value is -0.250. The van der Waals surface area contributed by atoms with Gasteiger partial charge in [0.1, 0.15) is 4.33 Å². The molecular formula is C12H12BrCl2NO. The summed E-state index contributed by atoms with van der Waals surface area (Å²) >= 11 is 15.2. The summed E-state index contributed by atoms with van der Waals surface area (Å²) in [5.41, 5.74) is 1.04. The number of amides is 1. The molecule has 1 saturated carbocycles. The van der Waals surface area contributed by atoms with Crippen LogP contribution in [0, 0.1) is 5.92 Å². The lowest BCUT2D eigenvalue weighted by molar-refractivity contribution is -0.123. The fraction of sp³-hybridized carbons (Fsp3) is 0.417. The van der Waals surface area contributed by atoms with Gasteiger partial charge in [0.25, 0.3) is 0 Å². The molecule has 1 aliphatic rings. The lowest BCUT2D eigenvalue weighted by atomic mass is 10.1. The van der Waals surface area contributed by atoms with E-state index in [2.05, 4.69) is 21.2 Å². The van der Waals surface area contributed by atoms with Gasteiger partial charge in [-0.05, 0) is 25.0 Å². The van der Waals surface area contributed by atoms with Crippen molar-refractivity contribution in [2.75, 3.05) is 0 Å². The highest BCUT2D eigenvalue weighted by atomic mass is 79.9. The Labute approximate surface area is 119 Å². The highest BCUT2D eigenvalue weighted by molar-refractivity contribution is 9.10. The molecule has 2 unspecified atom stereocenters. The summed E-state index contributed by atoms with van der Waals surface area (Å²) in [6.07, 6.45) is 0.532. The third kappa shape index (κ3) is 2.95. The molecule has 0 aliphatic heterocycles. The van der Waals surface area contributed by atoms with E-state index in [1.807, 2.05) is 31.2 Å². The van der Waals surface area contributed by atoms with Gasteiger partial charge in [-0.1, -0.05) is 34.1 Å². The first-order valence-corrected chi connectivity index (χ1v) is 6.89. The van der Waals surface area contributed by atoms with Crippen LogP contribution in [0.3, 0.4) is 0 Å². The van der Waals surface area contributed by atoms with Crippen LogP contribution in [-0.4, -0.2) is 10.2 Å². The van der Waals surface area contributed by atoms with Crippen LogP contribution >= 0.6 is 39.1 Å². The topological polar surface area (TPSA) is 29.1 Å². The molecule has 0 heterocycles. The second-order valence-electron chi connectivity index (χ2n) is 4.27. The van der Waals surface area contributed by atoms with Crippen LogP contribution in [0.1, 0.15) is 24.9 Å². The van der Waals surface area contributed by atoms with Gasteiger partial charge >= 0.3 is 0 Å². The average molecular weight is 337 g/mol. The van der Waals surface area contributed by atoms with Gasteiger partial charge in [-0.3, -0.25) is 4.79 Å². The summed E-state index contributed by atoms with van der Waals surface area (Å²) in [5, 5.41) is 2.92. The fourth-order valence-corrected chi connectivity index (χ4v) is 2.85. The fourth-order valence-electron chi connectivity index (χ4n) is 1.72. The van der Waals surface area contributed by atoms with E-state index in [0.29, 0.717) is 6.42 Å². The van der Waals surface area contributed by atoms with Gasteiger partial charge in [-0.25, -0.2) is 0 Å². The van der Waals surface area contributed by atoms with Gasteiger partial charge in [0.15, 0.2) is 0 Å². The van der Waals surface area contributed by atoms with Crippen LogP contribution in [0.4, 0.5) is 0 Å². The number of hydrogen-bond acceptors (Lipinski definition) is 1. The third-order valence-corrected chi connectivity index (χ3v) is 4.43. The van der Waals surface area contributed by atoms with Crippen LogP contribution in [0.5, 0.6) is 0 Å². The monoisotopic (exact) mass is 335 g/mol. The normalized spacial score (nSPS) is 22.9. The van der Waals surface area contributed by atoms with E-state index < -0.39 is 4.33 Å². The Balaban J connectivity index is 2.01. The lowest BCUT2D eigenvalue weighted by Crippen LogP contribution is -2.29. The second kappa shape index (κ2) is 4.79. The maximum atomic E-state index is 11.8. The SMILES string of the molecule is CC(NC(=O)C1CC1(Cl)Cl)c1ccccc1Br. The molecule has 1 aromatic rings. The number of benzene rings is 1. The van der Waals surface area contributed by atoms with Gasteiger partial charge in [-0.15, -0.1) is 23.2 Å². The number of alkyl halides is 2. The van der Waals surface area contributed by atoms with Crippen LogP contribution in [-0.2, 0) is 4.79 Å². The third-order valence-electron chi connectivity index (χ3n) is 2.87. The zero-order valence-corrected chi connectivity index (χ0v) is 12.3. The van der Waals surface area contributed by atoms with Gasteiger partial charge in [0.2, 0.25) is 5.91 Å². The van der Waals surface area contributed by atoms with E-state index in [4.69, 9.17) is 23.2 Å². The molecule has 1 N–H and O–H groups in total. The predicted molar refractivity (Wildman–Crippen MR) is 73.2 cm³/mol. The molecule has 1 aromatic carbocycles. The quantitative estimate of drug-likeness (QED) is 0.835. The molecule has 0 spiro atoms. The highest BCUT2D eigenvalue weighted by Gasteiger charge is 2.56. The second-order valence-corrected chi connectivity index (χ2v) is 6.67. The van der Waals surface area contributed by atoms with Crippen molar-refractivity contribution in [2.24, 2.45) is 5.92 Å². The molecule has 2 atom stereocenters. The first-order chi connectivity index (χ1) is 7.92. The molecule has 0 radical (unpaired) electrons. The summed E-state index contributed by atoms with van der Waals surface area (Å²) in [6, 6.07) is 7.72. The molecule has 1 amide bonds. The summed E-state index contributed by atoms with van der Waals surface area (Å²) in [4.78, 5) is 11.8. The number of rotatable bonds is 3. The van der Waals surface area contributed by atoms with E-state index >= 15 is 0 Å². The Morgan fingerprint density at radius 1 is 1.53 bits per heavy atom. The number of carbonyl (C=O) groups excluding carboxylic acids is 1. The minimum atomic E-state index is -0.863. The molecule has 2 rings (SSSR count). The number of halogens is 3. The molecule has 92 valence electrons. The van der Waals surface area contributed by atoms with Crippen LogP contribution in [0.25, 0.3) is 0 Å². The zero-order chi connectivity index (χ0) is 12.6. The minimum absolute atomic E-state index is 0.0668. The molecule has 5 heteroatoms. The summed E-state index contributed by atoms with van der Waals surface area (Å²) < 4.78 is 0.115. The van der Waals surface area contributed by atoms with Crippen LogP contribution < -0.4 is 5.32 Å². The van der Waals surface area contributed by atoms with E-state index in [1.165, 1.54) is 0 Å². The average Bonchev–Trinajstić information content (AvgIpc) is 2.88. The Kier molecular flexibility index (Phi) is 3.71. The van der Waals surface area contributed by atoms with Crippen molar-refractivity contribution in [1.29, 1.82) is 0 Å². The van der Waals surface area contributed by atoms with Gasteiger partial charge in [-0.2, -0.15) is 0 Å². The molecule has 17 heavy (non-hydrogen) atoms. The Morgan fingerprint density at radius 3 is 2.65 bits per heavy atom. The standard InChI is InChI=1S/C12H12BrCl2NO/c1-7(8-4-2-3-5-10(8)13)16-11(17)9-6-12(9,14)15/h2-5,7,9H,6H2,1H3,(H,16,17). The Morgan fingerprint density at radius 2 is 2.12 bits per heavy atom. The van der Waals surface area contributed by atoms with E-state index in [1.54, 1.807) is 0 Å². The first kappa shape index (κ1) is 13.2. The maximum Gasteiger partial charge on any atom is 0.226 e. The molecule has 0 bridgehead atoms. The summed E-state index contributed by atoms with van der Waals surface area (Å²) in [5.74, 6) is -0.367. The van der Waals surface area contributed by atoms with E-state index in [0.717, 1.165) is 10.0 Å². The van der Waals surface area contributed by atoms with Crippen molar-refractivity contribution in [3.8, 4) is 0 Å². The molecular weight excluding hydrogens is 325 g/mol.